The zero-order chi connectivity index (χ0) is 27.2. The number of hydrogen-bond acceptors (Lipinski definition) is 6. The lowest BCUT2D eigenvalue weighted by Crippen LogP contribution is -2.39. The highest BCUT2D eigenvalue weighted by molar-refractivity contribution is 5.94. The van der Waals surface area contributed by atoms with E-state index in [1.807, 2.05) is 19.1 Å². The van der Waals surface area contributed by atoms with Gasteiger partial charge in [0.2, 0.25) is 0 Å². The summed E-state index contributed by atoms with van der Waals surface area (Å²) in [7, 11) is 4.59. The monoisotopic (exact) mass is 526 g/mol. The standard InChI is InChI=1S/C27H25F3N4O4/c1-15-19-12-23(38-4)22(37-3)11-17(19)9-10-33(15)26(35)21-14-25-31-20(16-5-7-18(36-2)8-6-16)13-24(27(28,29)30)34(25)32-21/h5-8,11-15H,9-10H2,1-4H3/t15-/m0/s1. The van der Waals surface area contributed by atoms with Crippen LogP contribution in [-0.4, -0.2) is 53.3 Å². The van der Waals surface area contributed by atoms with Crippen LogP contribution in [0, 0.1) is 0 Å². The zero-order valence-electron chi connectivity index (χ0n) is 21.2. The first-order valence-corrected chi connectivity index (χ1v) is 11.8. The number of amides is 1. The summed E-state index contributed by atoms with van der Waals surface area (Å²) in [5.41, 5.74) is 1.24. The maximum absolute atomic E-state index is 14.0. The van der Waals surface area contributed by atoms with Crippen molar-refractivity contribution in [2.24, 2.45) is 0 Å². The van der Waals surface area contributed by atoms with Gasteiger partial charge in [0, 0.05) is 18.2 Å². The van der Waals surface area contributed by atoms with Crippen molar-refractivity contribution in [1.29, 1.82) is 0 Å². The minimum atomic E-state index is -4.72. The van der Waals surface area contributed by atoms with Gasteiger partial charge in [-0.05, 0) is 66.9 Å². The molecule has 5 rings (SSSR count). The van der Waals surface area contributed by atoms with E-state index < -0.39 is 17.8 Å². The molecule has 0 spiro atoms. The average Bonchev–Trinajstić information content (AvgIpc) is 3.35. The Bertz CT molecular complexity index is 1520. The van der Waals surface area contributed by atoms with Gasteiger partial charge in [-0.3, -0.25) is 4.79 Å². The molecule has 1 amide bonds. The van der Waals surface area contributed by atoms with Crippen LogP contribution in [0.2, 0.25) is 0 Å². The SMILES string of the molecule is COc1ccc(-c2cc(C(F)(F)F)n3nc(C(=O)N4CCc5cc(OC)c(OC)cc5[C@@H]4C)cc3n2)cc1. The van der Waals surface area contributed by atoms with Gasteiger partial charge in [0.25, 0.3) is 5.91 Å². The number of alkyl halides is 3. The second-order valence-corrected chi connectivity index (χ2v) is 8.88. The van der Waals surface area contributed by atoms with Gasteiger partial charge in [0.05, 0.1) is 33.1 Å². The van der Waals surface area contributed by atoms with Crippen molar-refractivity contribution in [3.8, 4) is 28.5 Å². The van der Waals surface area contributed by atoms with Crippen LogP contribution in [0.1, 0.15) is 40.3 Å². The van der Waals surface area contributed by atoms with Crippen molar-refractivity contribution in [1.82, 2.24) is 19.5 Å². The number of nitrogens with zero attached hydrogens (tertiary/aromatic N) is 4. The second kappa shape index (κ2) is 9.55. The molecule has 11 heteroatoms. The van der Waals surface area contributed by atoms with E-state index in [1.165, 1.54) is 20.3 Å². The molecule has 1 aliphatic rings. The second-order valence-electron chi connectivity index (χ2n) is 8.88. The smallest absolute Gasteiger partial charge is 0.433 e. The summed E-state index contributed by atoms with van der Waals surface area (Å²) < 4.78 is 58.7. The number of carbonyl (C=O) groups is 1. The number of aromatic nitrogens is 3. The fourth-order valence-electron chi connectivity index (χ4n) is 4.76. The maximum Gasteiger partial charge on any atom is 0.433 e. The summed E-state index contributed by atoms with van der Waals surface area (Å²) in [4.78, 5) is 19.5. The molecule has 0 unspecified atom stereocenters. The van der Waals surface area contributed by atoms with Crippen molar-refractivity contribution < 1.29 is 32.2 Å². The van der Waals surface area contributed by atoms with E-state index in [4.69, 9.17) is 14.2 Å². The highest BCUT2D eigenvalue weighted by atomic mass is 19.4. The van der Waals surface area contributed by atoms with E-state index in [2.05, 4.69) is 10.1 Å². The molecule has 3 heterocycles. The molecule has 0 N–H and O–H groups in total. The fourth-order valence-corrected chi connectivity index (χ4v) is 4.76. The predicted molar refractivity (Wildman–Crippen MR) is 133 cm³/mol. The predicted octanol–water partition coefficient (Wildman–Crippen LogP) is 5.20. The van der Waals surface area contributed by atoms with Gasteiger partial charge in [-0.2, -0.15) is 18.3 Å². The number of fused-ring (bicyclic) bond motifs is 2. The molecule has 0 fully saturated rings. The van der Waals surface area contributed by atoms with E-state index >= 15 is 0 Å². The van der Waals surface area contributed by atoms with Crippen LogP contribution in [0.25, 0.3) is 16.9 Å². The summed E-state index contributed by atoms with van der Waals surface area (Å²) in [5, 5.41) is 4.05. The highest BCUT2D eigenvalue weighted by Crippen LogP contribution is 2.39. The summed E-state index contributed by atoms with van der Waals surface area (Å²) in [5.74, 6) is 1.21. The molecule has 1 aliphatic heterocycles. The van der Waals surface area contributed by atoms with Crippen molar-refractivity contribution >= 4 is 11.6 Å². The van der Waals surface area contributed by atoms with Crippen LogP contribution in [0.5, 0.6) is 17.2 Å². The van der Waals surface area contributed by atoms with Gasteiger partial charge in [0.15, 0.2) is 28.5 Å². The third kappa shape index (κ3) is 4.37. The molecule has 38 heavy (non-hydrogen) atoms. The Morgan fingerprint density at radius 2 is 1.66 bits per heavy atom. The van der Waals surface area contributed by atoms with Gasteiger partial charge < -0.3 is 19.1 Å². The molecular weight excluding hydrogens is 501 g/mol. The van der Waals surface area contributed by atoms with Crippen LogP contribution in [0.3, 0.4) is 0 Å². The van der Waals surface area contributed by atoms with Gasteiger partial charge in [-0.25, -0.2) is 9.50 Å². The number of ether oxygens (including phenoxy) is 3. The van der Waals surface area contributed by atoms with Crippen LogP contribution >= 0.6 is 0 Å². The Morgan fingerprint density at radius 3 is 2.29 bits per heavy atom. The molecule has 198 valence electrons. The Hall–Kier alpha value is -4.28. The highest BCUT2D eigenvalue weighted by Gasteiger charge is 2.37. The molecule has 2 aromatic carbocycles. The van der Waals surface area contributed by atoms with Crippen molar-refractivity contribution in [2.75, 3.05) is 27.9 Å². The number of hydrogen-bond donors (Lipinski definition) is 0. The zero-order valence-corrected chi connectivity index (χ0v) is 21.2. The normalized spacial score (nSPS) is 15.3. The molecule has 0 saturated heterocycles. The summed E-state index contributed by atoms with van der Waals surface area (Å²) in [6, 6.07) is 12.1. The number of carbonyl (C=O) groups excluding carboxylic acids is 1. The topological polar surface area (TPSA) is 78.2 Å². The summed E-state index contributed by atoms with van der Waals surface area (Å²) in [6.45, 7) is 2.23. The van der Waals surface area contributed by atoms with Gasteiger partial charge in [-0.1, -0.05) is 0 Å². The minimum Gasteiger partial charge on any atom is -0.497 e. The van der Waals surface area contributed by atoms with Crippen molar-refractivity contribution in [3.05, 3.63) is 71.0 Å². The first kappa shape index (κ1) is 25.4. The Morgan fingerprint density at radius 1 is 0.974 bits per heavy atom. The van der Waals surface area contributed by atoms with E-state index in [0.29, 0.717) is 40.3 Å². The molecule has 4 aromatic rings. The largest absolute Gasteiger partial charge is 0.497 e. The minimum absolute atomic E-state index is 0.0783. The Labute approximate surface area is 216 Å². The molecule has 0 bridgehead atoms. The molecule has 0 saturated carbocycles. The van der Waals surface area contributed by atoms with Gasteiger partial charge >= 0.3 is 6.18 Å². The molecular formula is C27H25F3N4O4. The van der Waals surface area contributed by atoms with E-state index in [-0.39, 0.29) is 23.1 Å². The van der Waals surface area contributed by atoms with Crippen LogP contribution in [0.4, 0.5) is 13.2 Å². The van der Waals surface area contributed by atoms with Crippen LogP contribution < -0.4 is 14.2 Å². The molecule has 8 nitrogen and oxygen atoms in total. The van der Waals surface area contributed by atoms with E-state index in [9.17, 15) is 18.0 Å². The third-order valence-electron chi connectivity index (χ3n) is 6.77. The van der Waals surface area contributed by atoms with E-state index in [1.54, 1.807) is 36.3 Å². The first-order chi connectivity index (χ1) is 18.1. The number of benzene rings is 2. The molecule has 1 atom stereocenters. The van der Waals surface area contributed by atoms with Gasteiger partial charge in [-0.15, -0.1) is 0 Å². The third-order valence-corrected chi connectivity index (χ3v) is 6.77. The lowest BCUT2D eigenvalue weighted by Gasteiger charge is -2.35. The molecule has 0 radical (unpaired) electrons. The maximum atomic E-state index is 14.0. The number of rotatable bonds is 5. The first-order valence-electron chi connectivity index (χ1n) is 11.8. The Balaban J connectivity index is 1.53. The molecule has 0 aliphatic carbocycles. The fraction of sp³-hybridized carbons (Fsp3) is 0.296. The average molecular weight is 527 g/mol. The quantitative estimate of drug-likeness (QED) is 0.356. The van der Waals surface area contributed by atoms with Gasteiger partial charge in [0.1, 0.15) is 5.75 Å². The lowest BCUT2D eigenvalue weighted by atomic mass is 9.92. The summed E-state index contributed by atoms with van der Waals surface area (Å²) in [6.07, 6.45) is -4.17. The van der Waals surface area contributed by atoms with Crippen LogP contribution in [0.15, 0.2) is 48.5 Å². The Kier molecular flexibility index (Phi) is 6.38. The van der Waals surface area contributed by atoms with Crippen molar-refractivity contribution in [2.45, 2.75) is 25.6 Å². The van der Waals surface area contributed by atoms with Crippen molar-refractivity contribution in [3.63, 3.8) is 0 Å². The van der Waals surface area contributed by atoms with E-state index in [0.717, 1.165) is 17.2 Å². The number of methoxy groups -OCH3 is 3. The lowest BCUT2D eigenvalue weighted by molar-refractivity contribution is -0.142. The summed E-state index contributed by atoms with van der Waals surface area (Å²) >= 11 is 0. The molecule has 2 aromatic heterocycles. The van der Waals surface area contributed by atoms with Crippen LogP contribution in [-0.2, 0) is 12.6 Å². The number of halogens is 3.